The fourth-order valence-corrected chi connectivity index (χ4v) is 1.82. The highest BCUT2D eigenvalue weighted by molar-refractivity contribution is 5.98. The van der Waals surface area contributed by atoms with Gasteiger partial charge < -0.3 is 9.94 Å². The molecule has 3 nitrogen and oxygen atoms in total. The van der Waals surface area contributed by atoms with Crippen LogP contribution in [0.1, 0.15) is 23.6 Å². The highest BCUT2D eigenvalue weighted by atomic mass is 16.5. The molecule has 2 rings (SSSR count). The molecule has 2 aromatic carbocycles. The van der Waals surface area contributed by atoms with Gasteiger partial charge in [0.05, 0.1) is 5.71 Å². The summed E-state index contributed by atoms with van der Waals surface area (Å²) in [6, 6.07) is 15.7. The van der Waals surface area contributed by atoms with Crippen molar-refractivity contribution >= 4 is 5.71 Å². The lowest BCUT2D eigenvalue weighted by Crippen LogP contribution is -1.97. The van der Waals surface area contributed by atoms with E-state index >= 15 is 0 Å². The molecule has 19 heavy (non-hydrogen) atoms. The summed E-state index contributed by atoms with van der Waals surface area (Å²) in [7, 11) is 0. The summed E-state index contributed by atoms with van der Waals surface area (Å²) in [6.07, 6.45) is 0. The molecule has 0 amide bonds. The van der Waals surface area contributed by atoms with Crippen LogP contribution >= 0.6 is 0 Å². The lowest BCUT2D eigenvalue weighted by atomic mass is 10.1. The maximum Gasteiger partial charge on any atom is 0.119 e. The van der Waals surface area contributed by atoms with E-state index in [1.165, 1.54) is 5.56 Å². The fraction of sp³-hybridized carbons (Fsp3) is 0.188. The zero-order chi connectivity index (χ0) is 13.7. The fourth-order valence-electron chi connectivity index (χ4n) is 1.82. The van der Waals surface area contributed by atoms with E-state index in [9.17, 15) is 0 Å². The molecule has 0 spiro atoms. The van der Waals surface area contributed by atoms with Gasteiger partial charge in [0.2, 0.25) is 0 Å². The van der Waals surface area contributed by atoms with Gasteiger partial charge in [-0.15, -0.1) is 0 Å². The highest BCUT2D eigenvalue weighted by Gasteiger charge is 2.00. The largest absolute Gasteiger partial charge is 0.489 e. The second-order valence-corrected chi connectivity index (χ2v) is 4.49. The molecule has 0 aliphatic rings. The summed E-state index contributed by atoms with van der Waals surface area (Å²) >= 11 is 0. The summed E-state index contributed by atoms with van der Waals surface area (Å²) in [6.45, 7) is 4.37. The summed E-state index contributed by atoms with van der Waals surface area (Å²) < 4.78 is 5.71. The molecule has 2 aromatic rings. The van der Waals surface area contributed by atoms with Crippen LogP contribution in [0.3, 0.4) is 0 Å². The van der Waals surface area contributed by atoms with Crippen LogP contribution in [0.2, 0.25) is 0 Å². The van der Waals surface area contributed by atoms with Gasteiger partial charge in [0.15, 0.2) is 0 Å². The van der Waals surface area contributed by atoms with E-state index < -0.39 is 0 Å². The van der Waals surface area contributed by atoms with Crippen LogP contribution in [-0.4, -0.2) is 10.9 Å². The Morgan fingerprint density at radius 1 is 1.16 bits per heavy atom. The molecule has 0 unspecified atom stereocenters. The number of oxime groups is 1. The van der Waals surface area contributed by atoms with Gasteiger partial charge in [-0.25, -0.2) is 0 Å². The Balaban J connectivity index is 2.00. The van der Waals surface area contributed by atoms with E-state index in [1.54, 1.807) is 6.92 Å². The molecule has 0 aliphatic heterocycles. The Kier molecular flexibility index (Phi) is 4.18. The van der Waals surface area contributed by atoms with E-state index in [0.717, 1.165) is 16.9 Å². The first kappa shape index (κ1) is 13.1. The molecule has 0 radical (unpaired) electrons. The monoisotopic (exact) mass is 255 g/mol. The number of rotatable bonds is 4. The normalized spacial score (nSPS) is 11.4. The number of hydrogen-bond acceptors (Lipinski definition) is 3. The summed E-state index contributed by atoms with van der Waals surface area (Å²) in [5.74, 6) is 0.802. The van der Waals surface area contributed by atoms with Crippen LogP contribution in [-0.2, 0) is 6.61 Å². The van der Waals surface area contributed by atoms with Crippen molar-refractivity contribution in [3.8, 4) is 5.75 Å². The Morgan fingerprint density at radius 2 is 1.89 bits per heavy atom. The third-order valence-corrected chi connectivity index (χ3v) is 2.91. The van der Waals surface area contributed by atoms with Gasteiger partial charge in [0.25, 0.3) is 0 Å². The van der Waals surface area contributed by atoms with Crippen molar-refractivity contribution in [3.05, 3.63) is 65.2 Å². The molecule has 0 aromatic heterocycles. The predicted octanol–water partition coefficient (Wildman–Crippen LogP) is 3.77. The average Bonchev–Trinajstić information content (AvgIpc) is 2.45. The average molecular weight is 255 g/mol. The number of hydrogen-bond donors (Lipinski definition) is 1. The second-order valence-electron chi connectivity index (χ2n) is 4.49. The van der Waals surface area contributed by atoms with Crippen molar-refractivity contribution in [2.45, 2.75) is 20.5 Å². The number of ether oxygens (including phenoxy) is 1. The van der Waals surface area contributed by atoms with E-state index in [-0.39, 0.29) is 0 Å². The van der Waals surface area contributed by atoms with Crippen LogP contribution in [0.4, 0.5) is 0 Å². The van der Waals surface area contributed by atoms with Crippen molar-refractivity contribution in [2.24, 2.45) is 5.16 Å². The van der Waals surface area contributed by atoms with Gasteiger partial charge in [-0.2, -0.15) is 0 Å². The molecule has 0 fully saturated rings. The molecule has 0 aliphatic carbocycles. The Morgan fingerprint density at radius 3 is 2.53 bits per heavy atom. The predicted molar refractivity (Wildman–Crippen MR) is 76.0 cm³/mol. The molecule has 0 heterocycles. The van der Waals surface area contributed by atoms with E-state index in [0.29, 0.717) is 12.3 Å². The molecule has 0 bridgehead atoms. The van der Waals surface area contributed by atoms with Crippen LogP contribution in [0.25, 0.3) is 0 Å². The standard InChI is InChI=1S/C16H17NO2/c1-12-4-3-5-14(10-12)11-19-16-8-6-15(7-9-16)13(2)17-18/h3-10,18H,11H2,1-2H3/b17-13+. The Hall–Kier alpha value is -2.29. The van der Waals surface area contributed by atoms with Gasteiger partial charge >= 0.3 is 0 Å². The lowest BCUT2D eigenvalue weighted by Gasteiger charge is -2.07. The van der Waals surface area contributed by atoms with Gasteiger partial charge in [0.1, 0.15) is 12.4 Å². The molecule has 0 atom stereocenters. The number of aryl methyl sites for hydroxylation is 1. The summed E-state index contributed by atoms with van der Waals surface area (Å²) in [5.41, 5.74) is 3.85. The van der Waals surface area contributed by atoms with Crippen molar-refractivity contribution in [1.29, 1.82) is 0 Å². The van der Waals surface area contributed by atoms with Crippen LogP contribution < -0.4 is 4.74 Å². The number of nitrogens with zero attached hydrogens (tertiary/aromatic N) is 1. The van der Waals surface area contributed by atoms with Crippen LogP contribution in [0.5, 0.6) is 5.75 Å². The van der Waals surface area contributed by atoms with Crippen molar-refractivity contribution in [3.63, 3.8) is 0 Å². The zero-order valence-electron chi connectivity index (χ0n) is 11.1. The van der Waals surface area contributed by atoms with E-state index in [1.807, 2.05) is 36.4 Å². The summed E-state index contributed by atoms with van der Waals surface area (Å²) in [5, 5.41) is 11.9. The molecule has 98 valence electrons. The Labute approximate surface area is 113 Å². The molecule has 1 N–H and O–H groups in total. The molecular weight excluding hydrogens is 238 g/mol. The minimum absolute atomic E-state index is 0.550. The lowest BCUT2D eigenvalue weighted by molar-refractivity contribution is 0.306. The van der Waals surface area contributed by atoms with Gasteiger partial charge in [-0.05, 0) is 49.2 Å². The zero-order valence-corrected chi connectivity index (χ0v) is 11.1. The van der Waals surface area contributed by atoms with Crippen LogP contribution in [0, 0.1) is 6.92 Å². The first-order valence-electron chi connectivity index (χ1n) is 6.16. The third-order valence-electron chi connectivity index (χ3n) is 2.91. The SMILES string of the molecule is C/C(=N\O)c1ccc(OCc2cccc(C)c2)cc1. The minimum Gasteiger partial charge on any atom is -0.489 e. The molecule has 0 saturated carbocycles. The molecular formula is C16H17NO2. The summed E-state index contributed by atoms with van der Waals surface area (Å²) in [4.78, 5) is 0. The van der Waals surface area contributed by atoms with Gasteiger partial charge in [0, 0.05) is 0 Å². The Bertz CT molecular complexity index is 574. The van der Waals surface area contributed by atoms with Gasteiger partial charge in [-0.3, -0.25) is 0 Å². The molecule has 3 heteroatoms. The topological polar surface area (TPSA) is 41.8 Å². The van der Waals surface area contributed by atoms with E-state index in [4.69, 9.17) is 9.94 Å². The molecule has 0 saturated heterocycles. The first-order valence-corrected chi connectivity index (χ1v) is 6.16. The maximum atomic E-state index is 8.69. The van der Waals surface area contributed by atoms with Crippen LogP contribution in [0.15, 0.2) is 53.7 Å². The number of benzene rings is 2. The first-order chi connectivity index (χ1) is 9.19. The van der Waals surface area contributed by atoms with Crippen molar-refractivity contribution < 1.29 is 9.94 Å². The quantitative estimate of drug-likeness (QED) is 0.513. The van der Waals surface area contributed by atoms with Gasteiger partial charge in [-0.1, -0.05) is 35.0 Å². The maximum absolute atomic E-state index is 8.69. The second kappa shape index (κ2) is 6.05. The third kappa shape index (κ3) is 3.58. The van der Waals surface area contributed by atoms with E-state index in [2.05, 4.69) is 24.2 Å². The van der Waals surface area contributed by atoms with Crippen molar-refractivity contribution in [1.82, 2.24) is 0 Å². The smallest absolute Gasteiger partial charge is 0.119 e. The minimum atomic E-state index is 0.550. The highest BCUT2D eigenvalue weighted by Crippen LogP contribution is 2.15. The van der Waals surface area contributed by atoms with Crippen molar-refractivity contribution in [2.75, 3.05) is 0 Å².